The highest BCUT2D eigenvalue weighted by Crippen LogP contribution is 2.21. The van der Waals surface area contributed by atoms with Gasteiger partial charge in [0.2, 0.25) is 0 Å². The summed E-state index contributed by atoms with van der Waals surface area (Å²) in [6.45, 7) is 6.25. The number of hydrogen-bond donors (Lipinski definition) is 1. The average Bonchev–Trinajstić information content (AvgIpc) is 2.92. The van der Waals surface area contributed by atoms with Crippen LogP contribution in [0.15, 0.2) is 18.2 Å². The SMILES string of the molecule is CC[C@H](NCc1nnnn1C(C)C)c1cc(F)ccc1F. The average molecular weight is 295 g/mol. The lowest BCUT2D eigenvalue weighted by Gasteiger charge is -2.18. The second-order valence-corrected chi connectivity index (χ2v) is 5.14. The van der Waals surface area contributed by atoms with Crippen LogP contribution in [0.5, 0.6) is 0 Å². The predicted molar refractivity (Wildman–Crippen MR) is 74.4 cm³/mol. The smallest absolute Gasteiger partial charge is 0.165 e. The van der Waals surface area contributed by atoms with Gasteiger partial charge in [-0.1, -0.05) is 6.92 Å². The molecule has 5 nitrogen and oxygen atoms in total. The predicted octanol–water partition coefficient (Wildman–Crippen LogP) is 2.77. The summed E-state index contributed by atoms with van der Waals surface area (Å²) in [6, 6.07) is 3.33. The molecule has 0 bridgehead atoms. The molecule has 0 aliphatic carbocycles. The van der Waals surface area contributed by atoms with Gasteiger partial charge in [-0.05, 0) is 48.9 Å². The van der Waals surface area contributed by atoms with Crippen LogP contribution in [0.25, 0.3) is 0 Å². The molecule has 1 heterocycles. The van der Waals surface area contributed by atoms with Gasteiger partial charge in [0.1, 0.15) is 11.6 Å². The first kappa shape index (κ1) is 15.5. The van der Waals surface area contributed by atoms with E-state index in [0.29, 0.717) is 24.4 Å². The number of halogens is 2. The highest BCUT2D eigenvalue weighted by Gasteiger charge is 2.16. The maximum Gasteiger partial charge on any atom is 0.165 e. The molecule has 2 aromatic rings. The molecule has 0 aliphatic heterocycles. The highest BCUT2D eigenvalue weighted by atomic mass is 19.1. The van der Waals surface area contributed by atoms with Crippen LogP contribution in [0.2, 0.25) is 0 Å². The van der Waals surface area contributed by atoms with E-state index in [4.69, 9.17) is 0 Å². The lowest BCUT2D eigenvalue weighted by Crippen LogP contribution is -2.24. The van der Waals surface area contributed by atoms with Gasteiger partial charge in [0.25, 0.3) is 0 Å². The minimum atomic E-state index is -0.446. The van der Waals surface area contributed by atoms with Gasteiger partial charge in [0, 0.05) is 11.6 Å². The number of hydrogen-bond acceptors (Lipinski definition) is 4. The van der Waals surface area contributed by atoms with Crippen molar-refractivity contribution >= 4 is 0 Å². The van der Waals surface area contributed by atoms with E-state index in [1.54, 1.807) is 4.68 Å². The highest BCUT2D eigenvalue weighted by molar-refractivity contribution is 5.22. The first-order valence-electron chi connectivity index (χ1n) is 6.98. The van der Waals surface area contributed by atoms with Crippen molar-refractivity contribution in [3.8, 4) is 0 Å². The quantitative estimate of drug-likeness (QED) is 0.890. The molecule has 0 amide bonds. The first-order valence-corrected chi connectivity index (χ1v) is 6.98. The van der Waals surface area contributed by atoms with Crippen LogP contribution in [0.4, 0.5) is 8.78 Å². The van der Waals surface area contributed by atoms with Crippen molar-refractivity contribution in [1.29, 1.82) is 0 Å². The molecule has 0 aliphatic rings. The van der Waals surface area contributed by atoms with Crippen LogP contribution < -0.4 is 5.32 Å². The van der Waals surface area contributed by atoms with E-state index in [2.05, 4.69) is 20.8 Å². The van der Waals surface area contributed by atoms with Gasteiger partial charge in [-0.3, -0.25) is 0 Å². The Kier molecular flexibility index (Phi) is 4.95. The Labute approximate surface area is 122 Å². The summed E-state index contributed by atoms with van der Waals surface area (Å²) in [5, 5.41) is 14.7. The molecule has 114 valence electrons. The molecule has 0 spiro atoms. The van der Waals surface area contributed by atoms with Crippen LogP contribution in [-0.2, 0) is 6.54 Å². The number of aromatic nitrogens is 4. The maximum atomic E-state index is 13.8. The second-order valence-electron chi connectivity index (χ2n) is 5.14. The third-order valence-electron chi connectivity index (χ3n) is 3.30. The van der Waals surface area contributed by atoms with E-state index in [-0.39, 0.29) is 12.1 Å². The number of nitrogens with one attached hydrogen (secondary N) is 1. The number of benzene rings is 1. The number of tetrazole rings is 1. The van der Waals surface area contributed by atoms with E-state index in [9.17, 15) is 8.78 Å². The fourth-order valence-corrected chi connectivity index (χ4v) is 2.20. The van der Waals surface area contributed by atoms with Crippen molar-refractivity contribution in [2.24, 2.45) is 0 Å². The Bertz CT molecular complexity index is 597. The lowest BCUT2D eigenvalue weighted by atomic mass is 10.0. The molecular formula is C14H19F2N5. The fourth-order valence-electron chi connectivity index (χ4n) is 2.20. The summed E-state index contributed by atoms with van der Waals surface area (Å²) in [5.41, 5.74) is 0.320. The zero-order valence-electron chi connectivity index (χ0n) is 12.3. The summed E-state index contributed by atoms with van der Waals surface area (Å²) in [4.78, 5) is 0. The third kappa shape index (κ3) is 3.60. The van der Waals surface area contributed by atoms with E-state index < -0.39 is 11.6 Å². The number of rotatable bonds is 6. The minimum Gasteiger partial charge on any atom is -0.303 e. The van der Waals surface area contributed by atoms with Crippen LogP contribution in [0.3, 0.4) is 0 Å². The summed E-state index contributed by atoms with van der Waals surface area (Å²) in [6.07, 6.45) is 0.629. The zero-order chi connectivity index (χ0) is 15.4. The molecule has 0 unspecified atom stereocenters. The molecule has 0 radical (unpaired) electrons. The standard InChI is InChI=1S/C14H19F2N5/c1-4-13(11-7-10(15)5-6-12(11)16)17-8-14-18-19-20-21(14)9(2)3/h5-7,9,13,17H,4,8H2,1-3H3/t13-/m0/s1. The van der Waals surface area contributed by atoms with Crippen LogP contribution >= 0.6 is 0 Å². The largest absolute Gasteiger partial charge is 0.303 e. The molecule has 1 aromatic carbocycles. The fraction of sp³-hybridized carbons (Fsp3) is 0.500. The van der Waals surface area contributed by atoms with E-state index in [1.165, 1.54) is 6.07 Å². The Hall–Kier alpha value is -1.89. The van der Waals surface area contributed by atoms with Crippen molar-refractivity contribution in [2.75, 3.05) is 0 Å². The molecule has 0 saturated heterocycles. The normalized spacial score (nSPS) is 12.9. The van der Waals surface area contributed by atoms with Crippen molar-refractivity contribution in [2.45, 2.75) is 45.8 Å². The van der Waals surface area contributed by atoms with Crippen molar-refractivity contribution in [3.63, 3.8) is 0 Å². The molecule has 1 aromatic heterocycles. The van der Waals surface area contributed by atoms with Crippen LogP contribution in [-0.4, -0.2) is 20.2 Å². The van der Waals surface area contributed by atoms with Crippen molar-refractivity contribution < 1.29 is 8.78 Å². The van der Waals surface area contributed by atoms with Gasteiger partial charge in [-0.2, -0.15) is 0 Å². The van der Waals surface area contributed by atoms with E-state index >= 15 is 0 Å². The zero-order valence-corrected chi connectivity index (χ0v) is 12.3. The van der Waals surface area contributed by atoms with Gasteiger partial charge in [0.15, 0.2) is 5.82 Å². The molecule has 0 fully saturated rings. The molecular weight excluding hydrogens is 276 g/mol. The molecule has 2 rings (SSSR count). The van der Waals surface area contributed by atoms with Crippen LogP contribution in [0.1, 0.15) is 50.7 Å². The Morgan fingerprint density at radius 2 is 2.05 bits per heavy atom. The van der Waals surface area contributed by atoms with Crippen LogP contribution in [0, 0.1) is 11.6 Å². The third-order valence-corrected chi connectivity index (χ3v) is 3.30. The second kappa shape index (κ2) is 6.71. The topological polar surface area (TPSA) is 55.6 Å². The van der Waals surface area contributed by atoms with Crippen molar-refractivity contribution in [3.05, 3.63) is 41.2 Å². The molecule has 1 N–H and O–H groups in total. The lowest BCUT2D eigenvalue weighted by molar-refractivity contribution is 0.443. The Morgan fingerprint density at radius 1 is 1.29 bits per heavy atom. The van der Waals surface area contributed by atoms with Crippen molar-refractivity contribution in [1.82, 2.24) is 25.5 Å². The Morgan fingerprint density at radius 3 is 2.71 bits per heavy atom. The molecule has 21 heavy (non-hydrogen) atoms. The van der Waals surface area contributed by atoms with E-state index in [0.717, 1.165) is 12.1 Å². The summed E-state index contributed by atoms with van der Waals surface area (Å²) in [5.74, 6) is -0.196. The molecule has 7 heteroatoms. The summed E-state index contributed by atoms with van der Waals surface area (Å²) >= 11 is 0. The van der Waals surface area contributed by atoms with E-state index in [1.807, 2.05) is 20.8 Å². The number of nitrogens with zero attached hydrogens (tertiary/aromatic N) is 4. The van der Waals surface area contributed by atoms with Gasteiger partial charge in [0.05, 0.1) is 12.6 Å². The maximum absolute atomic E-state index is 13.8. The first-order chi connectivity index (χ1) is 10.0. The monoisotopic (exact) mass is 295 g/mol. The summed E-state index contributed by atoms with van der Waals surface area (Å²) < 4.78 is 28.8. The molecule has 1 atom stereocenters. The van der Waals surface area contributed by atoms with Gasteiger partial charge in [-0.25, -0.2) is 13.5 Å². The molecule has 0 saturated carbocycles. The minimum absolute atomic E-state index is 0.141. The van der Waals surface area contributed by atoms with Gasteiger partial charge < -0.3 is 5.32 Å². The Balaban J connectivity index is 2.12. The van der Waals surface area contributed by atoms with Gasteiger partial charge >= 0.3 is 0 Å². The van der Waals surface area contributed by atoms with Gasteiger partial charge in [-0.15, -0.1) is 5.10 Å². The summed E-state index contributed by atoms with van der Waals surface area (Å²) in [7, 11) is 0.